The zero-order valence-electron chi connectivity index (χ0n) is 16.9. The molecule has 3 heterocycles. The monoisotopic (exact) mass is 468 g/mol. The Bertz CT molecular complexity index is 1230. The molecule has 0 saturated heterocycles. The van der Waals surface area contributed by atoms with E-state index in [4.69, 9.17) is 4.74 Å². The lowest BCUT2D eigenvalue weighted by atomic mass is 10.2. The van der Waals surface area contributed by atoms with Crippen molar-refractivity contribution in [2.24, 2.45) is 7.05 Å². The molecule has 4 aromatic rings. The minimum Gasteiger partial charge on any atom is -0.466 e. The standard InChI is InChI=1S/C21H21BrN6O2/c1-13-9-14(2)24-20-19(13)21(26-27(20)3)30-12-18(29)25-17-7-8-23-28(17)11-15-5-4-6-16(22)10-15/h4-10H,11-12H2,1-3H3,(H,25,29). The maximum absolute atomic E-state index is 12.5. The van der Waals surface area contributed by atoms with Crippen molar-refractivity contribution in [3.63, 3.8) is 0 Å². The summed E-state index contributed by atoms with van der Waals surface area (Å²) in [5, 5.41) is 12.3. The average Bonchev–Trinajstić information content (AvgIpc) is 3.24. The molecule has 0 aliphatic rings. The fraction of sp³-hybridized carbons (Fsp3) is 0.238. The van der Waals surface area contributed by atoms with E-state index in [0.717, 1.165) is 32.3 Å². The molecule has 0 unspecified atom stereocenters. The Morgan fingerprint density at radius 1 is 1.23 bits per heavy atom. The molecule has 30 heavy (non-hydrogen) atoms. The second-order valence-electron chi connectivity index (χ2n) is 7.05. The predicted molar refractivity (Wildman–Crippen MR) is 118 cm³/mol. The van der Waals surface area contributed by atoms with Gasteiger partial charge in [0.25, 0.3) is 5.91 Å². The van der Waals surface area contributed by atoms with Gasteiger partial charge in [-0.3, -0.25) is 4.79 Å². The minimum absolute atomic E-state index is 0.165. The van der Waals surface area contributed by atoms with Crippen molar-refractivity contribution in [3.05, 3.63) is 63.9 Å². The van der Waals surface area contributed by atoms with E-state index in [9.17, 15) is 4.79 Å². The van der Waals surface area contributed by atoms with E-state index in [1.807, 2.05) is 51.2 Å². The number of aromatic nitrogens is 5. The fourth-order valence-corrected chi connectivity index (χ4v) is 3.78. The van der Waals surface area contributed by atoms with Crippen LogP contribution >= 0.6 is 15.9 Å². The number of hydrogen-bond donors (Lipinski definition) is 1. The van der Waals surface area contributed by atoms with Crippen LogP contribution in [0.15, 0.2) is 47.1 Å². The molecule has 3 aromatic heterocycles. The summed E-state index contributed by atoms with van der Waals surface area (Å²) in [6, 6.07) is 11.7. The van der Waals surface area contributed by atoms with E-state index in [1.165, 1.54) is 0 Å². The number of hydrogen-bond acceptors (Lipinski definition) is 5. The van der Waals surface area contributed by atoms with Crippen LogP contribution in [0, 0.1) is 13.8 Å². The van der Waals surface area contributed by atoms with E-state index < -0.39 is 0 Å². The molecule has 9 heteroatoms. The quantitative estimate of drug-likeness (QED) is 0.466. The molecule has 0 aliphatic carbocycles. The third-order valence-electron chi connectivity index (χ3n) is 4.63. The van der Waals surface area contributed by atoms with Gasteiger partial charge in [-0.15, -0.1) is 5.10 Å². The number of amides is 1. The highest BCUT2D eigenvalue weighted by Gasteiger charge is 2.16. The van der Waals surface area contributed by atoms with E-state index in [2.05, 4.69) is 36.4 Å². The lowest BCUT2D eigenvalue weighted by molar-refractivity contribution is -0.118. The first kappa shape index (κ1) is 20.1. The molecular weight excluding hydrogens is 448 g/mol. The van der Waals surface area contributed by atoms with Crippen molar-refractivity contribution in [2.75, 3.05) is 11.9 Å². The normalized spacial score (nSPS) is 11.1. The van der Waals surface area contributed by atoms with Crippen LogP contribution in [-0.2, 0) is 18.4 Å². The summed E-state index contributed by atoms with van der Waals surface area (Å²) < 4.78 is 10.1. The number of nitrogens with one attached hydrogen (secondary N) is 1. The summed E-state index contributed by atoms with van der Waals surface area (Å²) in [6.45, 7) is 4.29. The van der Waals surface area contributed by atoms with Crippen molar-refractivity contribution in [2.45, 2.75) is 20.4 Å². The average molecular weight is 469 g/mol. The van der Waals surface area contributed by atoms with Crippen LogP contribution in [0.25, 0.3) is 11.0 Å². The maximum Gasteiger partial charge on any atom is 0.263 e. The van der Waals surface area contributed by atoms with Crippen LogP contribution in [0.2, 0.25) is 0 Å². The Morgan fingerprint density at radius 2 is 2.07 bits per heavy atom. The molecule has 0 saturated carbocycles. The molecule has 0 fully saturated rings. The number of pyridine rings is 1. The highest BCUT2D eigenvalue weighted by molar-refractivity contribution is 9.10. The summed E-state index contributed by atoms with van der Waals surface area (Å²) in [6.07, 6.45) is 1.65. The van der Waals surface area contributed by atoms with Crippen molar-refractivity contribution in [1.29, 1.82) is 0 Å². The number of aryl methyl sites for hydroxylation is 3. The second kappa shape index (κ2) is 8.27. The van der Waals surface area contributed by atoms with Crippen LogP contribution < -0.4 is 10.1 Å². The lowest BCUT2D eigenvalue weighted by Crippen LogP contribution is -2.22. The Labute approximate surface area is 182 Å². The first-order chi connectivity index (χ1) is 14.4. The summed E-state index contributed by atoms with van der Waals surface area (Å²) in [7, 11) is 1.81. The van der Waals surface area contributed by atoms with Crippen LogP contribution in [0.3, 0.4) is 0 Å². The molecule has 1 amide bonds. The number of rotatable bonds is 6. The molecule has 0 aliphatic heterocycles. The zero-order chi connectivity index (χ0) is 21.3. The summed E-state index contributed by atoms with van der Waals surface area (Å²) in [5.74, 6) is 0.709. The van der Waals surface area contributed by atoms with E-state index >= 15 is 0 Å². The number of anilines is 1. The van der Waals surface area contributed by atoms with Gasteiger partial charge >= 0.3 is 0 Å². The minimum atomic E-state index is -0.289. The molecule has 1 aromatic carbocycles. The molecule has 8 nitrogen and oxygen atoms in total. The van der Waals surface area contributed by atoms with Crippen molar-refractivity contribution in [3.8, 4) is 5.88 Å². The van der Waals surface area contributed by atoms with E-state index in [0.29, 0.717) is 18.2 Å². The molecule has 0 radical (unpaired) electrons. The van der Waals surface area contributed by atoms with Gasteiger partial charge in [-0.1, -0.05) is 28.1 Å². The highest BCUT2D eigenvalue weighted by atomic mass is 79.9. The molecule has 1 N–H and O–H groups in total. The molecular formula is C21H21BrN6O2. The number of halogens is 1. The Kier molecular flexibility index (Phi) is 5.54. The van der Waals surface area contributed by atoms with Crippen molar-refractivity contribution in [1.82, 2.24) is 24.5 Å². The summed E-state index contributed by atoms with van der Waals surface area (Å²) in [5.41, 5.74) is 3.71. The zero-order valence-corrected chi connectivity index (χ0v) is 18.5. The largest absolute Gasteiger partial charge is 0.466 e. The van der Waals surface area contributed by atoms with Crippen LogP contribution in [0.4, 0.5) is 5.82 Å². The Morgan fingerprint density at radius 3 is 2.87 bits per heavy atom. The van der Waals surface area contributed by atoms with Gasteiger partial charge in [0.05, 0.1) is 18.1 Å². The fourth-order valence-electron chi connectivity index (χ4n) is 3.34. The van der Waals surface area contributed by atoms with Gasteiger partial charge in [0.2, 0.25) is 5.88 Å². The summed E-state index contributed by atoms with van der Waals surface area (Å²) in [4.78, 5) is 17.0. The van der Waals surface area contributed by atoms with Crippen LogP contribution in [0.1, 0.15) is 16.8 Å². The van der Waals surface area contributed by atoms with Crippen molar-refractivity contribution < 1.29 is 9.53 Å². The third-order valence-corrected chi connectivity index (χ3v) is 5.13. The van der Waals surface area contributed by atoms with Gasteiger partial charge in [-0.2, -0.15) is 5.10 Å². The van der Waals surface area contributed by atoms with E-state index in [1.54, 1.807) is 21.6 Å². The highest BCUT2D eigenvalue weighted by Crippen LogP contribution is 2.27. The SMILES string of the molecule is Cc1cc(C)c2c(OCC(=O)Nc3ccnn3Cc3cccc(Br)c3)nn(C)c2n1. The molecule has 4 rings (SSSR count). The number of carbonyl (C=O) groups is 1. The van der Waals surface area contributed by atoms with Gasteiger partial charge in [0.1, 0.15) is 5.82 Å². The predicted octanol–water partition coefficient (Wildman–Crippen LogP) is 3.61. The third kappa shape index (κ3) is 4.20. The van der Waals surface area contributed by atoms with Gasteiger partial charge in [0, 0.05) is 23.3 Å². The van der Waals surface area contributed by atoms with Gasteiger partial charge in [-0.25, -0.2) is 14.3 Å². The molecule has 0 bridgehead atoms. The number of fused-ring (bicyclic) bond motifs is 1. The van der Waals surface area contributed by atoms with Gasteiger partial charge < -0.3 is 10.1 Å². The first-order valence-electron chi connectivity index (χ1n) is 9.40. The van der Waals surface area contributed by atoms with Gasteiger partial charge in [-0.05, 0) is 43.2 Å². The summed E-state index contributed by atoms with van der Waals surface area (Å²) >= 11 is 3.47. The van der Waals surface area contributed by atoms with Gasteiger partial charge in [0.15, 0.2) is 12.3 Å². The number of nitrogens with zero attached hydrogens (tertiary/aromatic N) is 5. The molecule has 0 atom stereocenters. The number of ether oxygens (including phenoxy) is 1. The lowest BCUT2D eigenvalue weighted by Gasteiger charge is -2.10. The van der Waals surface area contributed by atoms with Crippen LogP contribution in [-0.4, -0.2) is 37.1 Å². The number of carbonyl (C=O) groups excluding carboxylic acids is 1. The first-order valence-corrected chi connectivity index (χ1v) is 10.2. The Balaban J connectivity index is 1.44. The molecule has 0 spiro atoms. The molecule has 154 valence electrons. The number of benzene rings is 1. The van der Waals surface area contributed by atoms with Crippen molar-refractivity contribution >= 4 is 38.7 Å². The van der Waals surface area contributed by atoms with E-state index in [-0.39, 0.29) is 12.5 Å². The second-order valence-corrected chi connectivity index (χ2v) is 7.96. The topological polar surface area (TPSA) is 86.9 Å². The van der Waals surface area contributed by atoms with Crippen LogP contribution in [0.5, 0.6) is 5.88 Å². The maximum atomic E-state index is 12.5. The smallest absolute Gasteiger partial charge is 0.263 e. The Hall–Kier alpha value is -3.20.